The quantitative estimate of drug-likeness (QED) is 0.410. The van der Waals surface area contributed by atoms with Gasteiger partial charge in [-0.3, -0.25) is 9.48 Å². The second-order valence-corrected chi connectivity index (χ2v) is 8.01. The van der Waals surface area contributed by atoms with Crippen molar-refractivity contribution in [3.05, 3.63) is 52.8 Å². The van der Waals surface area contributed by atoms with Gasteiger partial charge < -0.3 is 15.5 Å². The summed E-state index contributed by atoms with van der Waals surface area (Å²) in [6.45, 7) is 7.30. The summed E-state index contributed by atoms with van der Waals surface area (Å²) in [7, 11) is 0. The van der Waals surface area contributed by atoms with Gasteiger partial charge in [0.15, 0.2) is 12.4 Å². The number of hydrogen-bond acceptors (Lipinski definition) is 4. The number of amidine groups is 1. The van der Waals surface area contributed by atoms with Crippen molar-refractivity contribution in [2.75, 3.05) is 13.2 Å². The zero-order valence-electron chi connectivity index (χ0n) is 18.3. The zero-order valence-corrected chi connectivity index (χ0v) is 18.3. The maximum Gasteiger partial charge on any atom is 0.263 e. The first-order chi connectivity index (χ1) is 14.5. The summed E-state index contributed by atoms with van der Waals surface area (Å²) in [5.41, 5.74) is 10.1. The molecule has 1 aliphatic carbocycles. The smallest absolute Gasteiger partial charge is 0.263 e. The molecular weight excluding hydrogens is 378 g/mol. The molecule has 0 radical (unpaired) electrons. The van der Waals surface area contributed by atoms with Crippen molar-refractivity contribution in [3.63, 3.8) is 0 Å². The lowest BCUT2D eigenvalue weighted by Gasteiger charge is -2.33. The fraction of sp³-hybridized carbons (Fsp3) is 0.522. The molecule has 1 aromatic heterocycles. The van der Waals surface area contributed by atoms with E-state index >= 15 is 0 Å². The third-order valence-electron chi connectivity index (χ3n) is 5.69. The van der Waals surface area contributed by atoms with Crippen LogP contribution in [0.1, 0.15) is 61.5 Å². The first-order valence-corrected chi connectivity index (χ1v) is 10.8. The number of nitrogens with zero attached hydrogens (tertiary/aromatic N) is 4. The lowest BCUT2D eigenvalue weighted by Crippen LogP contribution is -2.43. The van der Waals surface area contributed by atoms with Crippen molar-refractivity contribution in [2.45, 2.75) is 65.5 Å². The van der Waals surface area contributed by atoms with E-state index in [-0.39, 0.29) is 18.3 Å². The van der Waals surface area contributed by atoms with Crippen LogP contribution < -0.4 is 5.73 Å². The summed E-state index contributed by atoms with van der Waals surface area (Å²) in [6, 6.07) is 10.2. The molecule has 0 saturated heterocycles. The molecule has 1 heterocycles. The number of rotatable bonds is 8. The van der Waals surface area contributed by atoms with Crippen molar-refractivity contribution in [2.24, 2.45) is 10.9 Å². The molecule has 2 N–H and O–H groups in total. The molecule has 3 rings (SSSR count). The second-order valence-electron chi connectivity index (χ2n) is 8.01. The van der Waals surface area contributed by atoms with Gasteiger partial charge in [-0.05, 0) is 51.3 Å². The monoisotopic (exact) mass is 411 g/mol. The van der Waals surface area contributed by atoms with Crippen molar-refractivity contribution in [1.29, 1.82) is 0 Å². The molecule has 1 aromatic carbocycles. The van der Waals surface area contributed by atoms with Crippen LogP contribution in [-0.2, 0) is 16.2 Å². The van der Waals surface area contributed by atoms with E-state index in [2.05, 4.69) is 16.3 Å². The number of hydrogen-bond donors (Lipinski definition) is 1. The van der Waals surface area contributed by atoms with Gasteiger partial charge in [-0.1, -0.05) is 42.6 Å². The standard InChI is InChI=1S/C23H33N5O2/c1-4-27(21-11-6-5-7-12-21)22(29)16-30-26-23(24)20-10-8-9-19(14-20)15-28-18(3)13-17(2)25-28/h8-10,13-14,21H,4-7,11-12,15-16H2,1-3H3,(H2,24,26). The van der Waals surface area contributed by atoms with Crippen LogP contribution in [0.4, 0.5) is 0 Å². The minimum atomic E-state index is -0.0868. The summed E-state index contributed by atoms with van der Waals surface area (Å²) in [4.78, 5) is 19.8. The molecule has 7 nitrogen and oxygen atoms in total. The zero-order chi connectivity index (χ0) is 21.5. The molecule has 0 bridgehead atoms. The highest BCUT2D eigenvalue weighted by molar-refractivity contribution is 5.97. The van der Waals surface area contributed by atoms with E-state index in [9.17, 15) is 4.79 Å². The van der Waals surface area contributed by atoms with Crippen LogP contribution in [0.2, 0.25) is 0 Å². The first-order valence-electron chi connectivity index (χ1n) is 10.8. The molecule has 2 aromatic rings. The highest BCUT2D eigenvalue weighted by Gasteiger charge is 2.24. The molecule has 0 aliphatic heterocycles. The number of benzene rings is 1. The summed E-state index contributed by atoms with van der Waals surface area (Å²) < 4.78 is 1.96. The number of nitrogens with two attached hydrogens (primary N) is 1. The normalized spacial score (nSPS) is 15.2. The van der Waals surface area contributed by atoms with Gasteiger partial charge in [0.2, 0.25) is 0 Å². The Bertz CT molecular complexity index is 883. The number of aryl methyl sites for hydroxylation is 2. The van der Waals surface area contributed by atoms with Gasteiger partial charge in [0.25, 0.3) is 5.91 Å². The van der Waals surface area contributed by atoms with Gasteiger partial charge in [0, 0.05) is 23.8 Å². The predicted octanol–water partition coefficient (Wildman–Crippen LogP) is 3.37. The van der Waals surface area contributed by atoms with E-state index in [1.807, 2.05) is 54.6 Å². The van der Waals surface area contributed by atoms with Crippen LogP contribution in [0.5, 0.6) is 0 Å². The fourth-order valence-electron chi connectivity index (χ4n) is 4.16. The number of amides is 1. The molecule has 0 unspecified atom stereocenters. The lowest BCUT2D eigenvalue weighted by molar-refractivity contribution is -0.138. The summed E-state index contributed by atoms with van der Waals surface area (Å²) in [6.07, 6.45) is 5.79. The van der Waals surface area contributed by atoms with Gasteiger partial charge in [-0.2, -0.15) is 5.10 Å². The molecule has 162 valence electrons. The average molecular weight is 412 g/mol. The number of aromatic nitrogens is 2. The van der Waals surface area contributed by atoms with E-state index in [1.54, 1.807) is 0 Å². The number of carbonyl (C=O) groups is 1. The van der Waals surface area contributed by atoms with Crippen molar-refractivity contribution >= 4 is 11.7 Å². The summed E-state index contributed by atoms with van der Waals surface area (Å²) in [5, 5.41) is 8.49. The Morgan fingerprint density at radius 3 is 2.70 bits per heavy atom. The molecule has 30 heavy (non-hydrogen) atoms. The molecule has 7 heteroatoms. The van der Waals surface area contributed by atoms with E-state index in [0.717, 1.165) is 35.4 Å². The van der Waals surface area contributed by atoms with Gasteiger partial charge in [0.05, 0.1) is 12.2 Å². The molecule has 1 aliphatic rings. The Morgan fingerprint density at radius 1 is 1.27 bits per heavy atom. The topological polar surface area (TPSA) is 85.7 Å². The lowest BCUT2D eigenvalue weighted by atomic mass is 9.94. The highest BCUT2D eigenvalue weighted by Crippen LogP contribution is 2.22. The Morgan fingerprint density at radius 2 is 2.03 bits per heavy atom. The molecule has 1 amide bonds. The van der Waals surface area contributed by atoms with E-state index in [4.69, 9.17) is 10.6 Å². The summed E-state index contributed by atoms with van der Waals surface area (Å²) in [5.74, 6) is 0.234. The van der Waals surface area contributed by atoms with Crippen molar-refractivity contribution in [3.8, 4) is 0 Å². The van der Waals surface area contributed by atoms with Crippen molar-refractivity contribution in [1.82, 2.24) is 14.7 Å². The van der Waals surface area contributed by atoms with Crippen LogP contribution in [0.15, 0.2) is 35.5 Å². The molecule has 0 spiro atoms. The van der Waals surface area contributed by atoms with Crippen LogP contribution in [-0.4, -0.2) is 45.6 Å². The minimum Gasteiger partial charge on any atom is -0.384 e. The SMILES string of the molecule is CCN(C(=O)CO/N=C(/N)c1cccc(Cn2nc(C)cc2C)c1)C1CCCCC1. The maximum absolute atomic E-state index is 12.6. The fourth-order valence-corrected chi connectivity index (χ4v) is 4.16. The minimum absolute atomic E-state index is 0.0285. The Hall–Kier alpha value is -2.83. The van der Waals surface area contributed by atoms with Crippen LogP contribution in [0.3, 0.4) is 0 Å². The van der Waals surface area contributed by atoms with E-state index in [1.165, 1.54) is 19.3 Å². The molecular formula is C23H33N5O2. The second kappa shape index (κ2) is 10.3. The molecule has 1 saturated carbocycles. The average Bonchev–Trinajstić information content (AvgIpc) is 3.06. The van der Waals surface area contributed by atoms with Gasteiger partial charge in [-0.15, -0.1) is 0 Å². The third-order valence-corrected chi connectivity index (χ3v) is 5.69. The van der Waals surface area contributed by atoms with Crippen molar-refractivity contribution < 1.29 is 9.63 Å². The first kappa shape index (κ1) is 21.9. The molecule has 1 fully saturated rings. The number of likely N-dealkylation sites (N-methyl/N-ethyl adjacent to an activating group) is 1. The van der Waals surface area contributed by atoms with Crippen LogP contribution in [0, 0.1) is 13.8 Å². The Balaban J connectivity index is 1.58. The van der Waals surface area contributed by atoms with Gasteiger partial charge >= 0.3 is 0 Å². The molecule has 0 atom stereocenters. The van der Waals surface area contributed by atoms with Gasteiger partial charge in [-0.25, -0.2) is 0 Å². The van der Waals surface area contributed by atoms with E-state index in [0.29, 0.717) is 19.1 Å². The number of carbonyl (C=O) groups excluding carboxylic acids is 1. The van der Waals surface area contributed by atoms with Gasteiger partial charge in [0.1, 0.15) is 0 Å². The summed E-state index contributed by atoms with van der Waals surface area (Å²) >= 11 is 0. The largest absolute Gasteiger partial charge is 0.384 e. The maximum atomic E-state index is 12.6. The highest BCUT2D eigenvalue weighted by atomic mass is 16.6. The Kier molecular flexibility index (Phi) is 7.49. The number of oxime groups is 1. The van der Waals surface area contributed by atoms with E-state index < -0.39 is 0 Å². The van der Waals surface area contributed by atoms with Crippen LogP contribution >= 0.6 is 0 Å². The predicted molar refractivity (Wildman–Crippen MR) is 118 cm³/mol. The van der Waals surface area contributed by atoms with Crippen LogP contribution in [0.25, 0.3) is 0 Å². The Labute approximate surface area is 178 Å². The third kappa shape index (κ3) is 5.62.